The van der Waals surface area contributed by atoms with Crippen molar-refractivity contribution in [2.45, 2.75) is 168 Å². The summed E-state index contributed by atoms with van der Waals surface area (Å²) in [5.74, 6) is 2.96. The van der Waals surface area contributed by atoms with Crippen LogP contribution in [-0.4, -0.2) is 25.2 Å². The second kappa shape index (κ2) is 29.3. The number of isocyanates is 2. The fraction of sp³-hybridized carbons (Fsp3) is 0.842. The van der Waals surface area contributed by atoms with Gasteiger partial charge in [-0.3, -0.25) is 0 Å². The zero-order valence-electron chi connectivity index (χ0n) is 27.7. The molecule has 1 aliphatic carbocycles. The molecule has 0 N–H and O–H groups in total. The largest absolute Gasteiger partial charge is 0.234 e. The van der Waals surface area contributed by atoms with Gasteiger partial charge in [-0.25, -0.2) is 19.6 Å². The van der Waals surface area contributed by atoms with E-state index < -0.39 is 0 Å². The Bertz CT molecular complexity index is 763. The summed E-state index contributed by atoms with van der Waals surface area (Å²) in [5, 5.41) is 0. The number of rotatable bonds is 29. The van der Waals surface area contributed by atoms with Crippen molar-refractivity contribution in [2.75, 3.05) is 13.1 Å². The van der Waals surface area contributed by atoms with E-state index >= 15 is 0 Å². The maximum atomic E-state index is 10.2. The van der Waals surface area contributed by atoms with Gasteiger partial charge in [0.05, 0.1) is 13.1 Å². The van der Waals surface area contributed by atoms with Crippen molar-refractivity contribution in [3.05, 3.63) is 24.3 Å². The van der Waals surface area contributed by atoms with E-state index in [4.69, 9.17) is 0 Å². The first-order valence-corrected chi connectivity index (χ1v) is 18.2. The molecule has 0 fully saturated rings. The fourth-order valence-electron chi connectivity index (χ4n) is 6.85. The molecule has 0 aliphatic heterocycles. The summed E-state index contributed by atoms with van der Waals surface area (Å²) < 4.78 is 0. The number of unbranched alkanes of at least 4 members (excludes halogenated alkanes) is 17. The molecule has 0 saturated carbocycles. The molecule has 4 nitrogen and oxygen atoms in total. The van der Waals surface area contributed by atoms with E-state index in [9.17, 15) is 9.59 Å². The molecule has 4 unspecified atom stereocenters. The molecular formula is C38H66N2O2. The van der Waals surface area contributed by atoms with Crippen molar-refractivity contribution < 1.29 is 9.59 Å². The molecule has 0 bridgehead atoms. The zero-order chi connectivity index (χ0) is 30.4. The van der Waals surface area contributed by atoms with E-state index in [1.54, 1.807) is 12.2 Å². The van der Waals surface area contributed by atoms with Crippen LogP contribution in [-0.2, 0) is 9.59 Å². The van der Waals surface area contributed by atoms with Crippen molar-refractivity contribution in [2.24, 2.45) is 33.7 Å². The van der Waals surface area contributed by atoms with Crippen molar-refractivity contribution >= 4 is 12.2 Å². The van der Waals surface area contributed by atoms with Crippen LogP contribution in [0.3, 0.4) is 0 Å². The lowest BCUT2D eigenvalue weighted by molar-refractivity contribution is 0.196. The van der Waals surface area contributed by atoms with Crippen molar-refractivity contribution in [3.63, 3.8) is 0 Å². The lowest BCUT2D eigenvalue weighted by atomic mass is 9.66. The second-order valence-corrected chi connectivity index (χ2v) is 12.8. The molecule has 0 saturated heterocycles. The molecule has 4 atom stereocenters. The van der Waals surface area contributed by atoms with Gasteiger partial charge in [-0.2, -0.15) is 0 Å². The molecule has 0 heterocycles. The van der Waals surface area contributed by atoms with Gasteiger partial charge in [-0.05, 0) is 68.6 Å². The van der Waals surface area contributed by atoms with Crippen LogP contribution < -0.4 is 0 Å². The minimum Gasteiger partial charge on any atom is -0.211 e. The number of hydrogen-bond donors (Lipinski definition) is 0. The molecule has 1 aliphatic rings. The first kappa shape index (κ1) is 38.3. The SMILES string of the molecule is CCCCCCC1C=CC(CCCCCCCCN=C=O)C(C=CCCCCCCCCN=C=O)C1CCCCCC. The van der Waals surface area contributed by atoms with Crippen molar-refractivity contribution in [3.8, 4) is 0 Å². The molecule has 4 heteroatoms. The number of hydrogen-bond acceptors (Lipinski definition) is 4. The van der Waals surface area contributed by atoms with Gasteiger partial charge in [-0.1, -0.05) is 147 Å². The highest BCUT2D eigenvalue weighted by molar-refractivity contribution is 5.32. The average Bonchev–Trinajstić information content (AvgIpc) is 3.00. The lowest BCUT2D eigenvalue weighted by Crippen LogP contribution is -2.30. The summed E-state index contributed by atoms with van der Waals surface area (Å²) >= 11 is 0. The third-order valence-corrected chi connectivity index (χ3v) is 9.36. The Hall–Kier alpha value is -1.76. The Balaban J connectivity index is 2.70. The molecule has 0 spiro atoms. The summed E-state index contributed by atoms with van der Waals surface area (Å²) in [6.45, 7) is 5.92. The summed E-state index contributed by atoms with van der Waals surface area (Å²) in [5.41, 5.74) is 0. The molecule has 0 aromatic rings. The smallest absolute Gasteiger partial charge is 0.211 e. The average molecular weight is 583 g/mol. The van der Waals surface area contributed by atoms with Crippen LogP contribution >= 0.6 is 0 Å². The molecule has 1 rings (SSSR count). The van der Waals surface area contributed by atoms with Crippen LogP contribution in [0.15, 0.2) is 34.3 Å². The summed E-state index contributed by atoms with van der Waals surface area (Å²) in [4.78, 5) is 27.7. The van der Waals surface area contributed by atoms with Gasteiger partial charge in [-0.15, -0.1) is 0 Å². The van der Waals surface area contributed by atoms with E-state index in [2.05, 4.69) is 48.1 Å². The van der Waals surface area contributed by atoms with E-state index in [0.29, 0.717) is 24.9 Å². The van der Waals surface area contributed by atoms with Gasteiger partial charge in [0, 0.05) is 0 Å². The van der Waals surface area contributed by atoms with Crippen molar-refractivity contribution in [1.82, 2.24) is 0 Å². The number of aliphatic imine (C=N–C) groups is 2. The van der Waals surface area contributed by atoms with Crippen LogP contribution in [0.5, 0.6) is 0 Å². The van der Waals surface area contributed by atoms with Crippen molar-refractivity contribution in [1.29, 1.82) is 0 Å². The monoisotopic (exact) mass is 583 g/mol. The second-order valence-electron chi connectivity index (χ2n) is 12.8. The Morgan fingerprint density at radius 1 is 0.548 bits per heavy atom. The first-order chi connectivity index (χ1) is 20.8. The van der Waals surface area contributed by atoms with Gasteiger partial charge in [0.15, 0.2) is 0 Å². The molecule has 0 amide bonds. The summed E-state index contributed by atoms with van der Waals surface area (Å²) in [7, 11) is 0. The fourth-order valence-corrected chi connectivity index (χ4v) is 6.85. The molecule has 240 valence electrons. The molecule has 42 heavy (non-hydrogen) atoms. The van der Waals surface area contributed by atoms with Gasteiger partial charge in [0.2, 0.25) is 12.2 Å². The van der Waals surface area contributed by atoms with Gasteiger partial charge in [0.25, 0.3) is 0 Å². The lowest BCUT2D eigenvalue weighted by Gasteiger charge is -2.39. The van der Waals surface area contributed by atoms with Crippen LogP contribution in [0.25, 0.3) is 0 Å². The van der Waals surface area contributed by atoms with Crippen LogP contribution in [0.4, 0.5) is 0 Å². The highest BCUT2D eigenvalue weighted by Gasteiger charge is 2.33. The Kier molecular flexibility index (Phi) is 26.7. The Labute approximate surface area is 260 Å². The van der Waals surface area contributed by atoms with Gasteiger partial charge in [0.1, 0.15) is 0 Å². The summed E-state index contributed by atoms with van der Waals surface area (Å²) in [6, 6.07) is 0. The predicted molar refractivity (Wildman–Crippen MR) is 180 cm³/mol. The minimum absolute atomic E-state index is 0.639. The van der Waals surface area contributed by atoms with Crippen LogP contribution in [0, 0.1) is 23.7 Å². The van der Waals surface area contributed by atoms with E-state index in [0.717, 1.165) is 24.7 Å². The minimum atomic E-state index is 0.639. The summed E-state index contributed by atoms with van der Waals surface area (Å²) in [6.07, 6.45) is 44.7. The Morgan fingerprint density at radius 3 is 1.57 bits per heavy atom. The molecule has 0 radical (unpaired) electrons. The third-order valence-electron chi connectivity index (χ3n) is 9.36. The maximum absolute atomic E-state index is 10.2. The number of carbonyl (C=O) groups excluding carboxylic acids is 2. The maximum Gasteiger partial charge on any atom is 0.234 e. The molecular weight excluding hydrogens is 516 g/mol. The topological polar surface area (TPSA) is 58.9 Å². The first-order valence-electron chi connectivity index (χ1n) is 18.2. The quantitative estimate of drug-likeness (QED) is 0.0381. The third kappa shape index (κ3) is 20.2. The highest BCUT2D eigenvalue weighted by Crippen LogP contribution is 2.43. The standard InChI is InChI=1S/C38H66N2O2/c1-3-5-7-19-25-35-29-30-36(26-20-15-12-14-18-24-32-40-34-42)38(37(35)27-21-8-6-4-2)28-22-16-11-9-10-13-17-23-31-39-33-41/h22,28-30,35-38H,3-21,23-27,31-32H2,1-2H3. The zero-order valence-corrected chi connectivity index (χ0v) is 27.7. The molecule has 0 aromatic carbocycles. The Morgan fingerprint density at radius 2 is 1.00 bits per heavy atom. The number of allylic oxidation sites excluding steroid dienone is 4. The molecule has 0 aromatic heterocycles. The number of nitrogens with zero attached hydrogens (tertiary/aromatic N) is 2. The van der Waals surface area contributed by atoms with E-state index in [-0.39, 0.29) is 0 Å². The van der Waals surface area contributed by atoms with Gasteiger partial charge >= 0.3 is 0 Å². The van der Waals surface area contributed by atoms with E-state index in [1.807, 2.05) is 0 Å². The van der Waals surface area contributed by atoms with Gasteiger partial charge < -0.3 is 0 Å². The highest BCUT2D eigenvalue weighted by atomic mass is 16.1. The van der Waals surface area contributed by atoms with E-state index in [1.165, 1.54) is 141 Å². The normalized spacial score (nSPS) is 20.0. The predicted octanol–water partition coefficient (Wildman–Crippen LogP) is 11.7. The van der Waals surface area contributed by atoms with Crippen LogP contribution in [0.2, 0.25) is 0 Å². The van der Waals surface area contributed by atoms with Crippen LogP contribution in [0.1, 0.15) is 168 Å².